The maximum absolute atomic E-state index is 12.6. The van der Waals surface area contributed by atoms with E-state index in [1.807, 2.05) is 47.0 Å². The molecular weight excluding hydrogens is 474 g/mol. The summed E-state index contributed by atoms with van der Waals surface area (Å²) in [6, 6.07) is 23.7. The van der Waals surface area contributed by atoms with Crippen LogP contribution in [0.5, 0.6) is 11.5 Å². The highest BCUT2D eigenvalue weighted by atomic mass is 32.2. The lowest BCUT2D eigenvalue weighted by atomic mass is 10.2. The molecule has 1 aromatic heterocycles. The summed E-state index contributed by atoms with van der Waals surface area (Å²) < 4.78 is 13.2. The van der Waals surface area contributed by atoms with Gasteiger partial charge in [-0.3, -0.25) is 9.36 Å². The molecule has 1 aliphatic rings. The van der Waals surface area contributed by atoms with Crippen molar-refractivity contribution >= 4 is 29.0 Å². The zero-order valence-corrected chi connectivity index (χ0v) is 20.8. The largest absolute Gasteiger partial charge is 0.486 e. The summed E-state index contributed by atoms with van der Waals surface area (Å²) in [5.41, 5.74) is 3.90. The Labute approximate surface area is 214 Å². The van der Waals surface area contributed by atoms with Gasteiger partial charge in [-0.2, -0.15) is 0 Å². The maximum atomic E-state index is 12.6. The number of hydrogen-bond acceptors (Lipinski definition) is 7. The van der Waals surface area contributed by atoms with Crippen LogP contribution in [0.1, 0.15) is 17.8 Å². The van der Waals surface area contributed by atoms with Gasteiger partial charge >= 0.3 is 0 Å². The molecule has 0 radical (unpaired) electrons. The van der Waals surface area contributed by atoms with E-state index in [0.717, 1.165) is 22.4 Å². The topological polar surface area (TPSA) is 90.3 Å². The second-order valence-corrected chi connectivity index (χ2v) is 9.36. The van der Waals surface area contributed by atoms with Crippen molar-refractivity contribution in [1.29, 1.82) is 0 Å². The molecule has 0 bridgehead atoms. The predicted molar refractivity (Wildman–Crippen MR) is 141 cm³/mol. The number of fused-ring (bicyclic) bond motifs is 1. The van der Waals surface area contributed by atoms with Crippen molar-refractivity contribution in [3.05, 3.63) is 84.2 Å². The fourth-order valence-corrected chi connectivity index (χ4v) is 4.69. The molecule has 184 valence electrons. The van der Waals surface area contributed by atoms with E-state index in [1.54, 1.807) is 6.07 Å². The number of thioether (sulfide) groups is 1. The number of aryl methyl sites for hydroxylation is 1. The molecule has 8 nitrogen and oxygen atoms in total. The van der Waals surface area contributed by atoms with Crippen LogP contribution < -0.4 is 20.1 Å². The van der Waals surface area contributed by atoms with E-state index in [1.165, 1.54) is 17.3 Å². The molecule has 0 saturated heterocycles. The molecule has 1 amide bonds. The molecule has 0 saturated carbocycles. The number of carbonyl (C=O) groups excluding carboxylic acids is 1. The molecule has 2 N–H and O–H groups in total. The van der Waals surface area contributed by atoms with E-state index in [9.17, 15) is 4.79 Å². The summed E-state index contributed by atoms with van der Waals surface area (Å²) >= 11 is 1.50. The summed E-state index contributed by atoms with van der Waals surface area (Å²) in [7, 11) is 0. The van der Waals surface area contributed by atoms with Crippen molar-refractivity contribution in [2.75, 3.05) is 29.6 Å². The van der Waals surface area contributed by atoms with Gasteiger partial charge in [0.05, 0.1) is 6.54 Å². The third-order valence-corrected chi connectivity index (χ3v) is 6.53. The molecular formula is C27H27N5O3S. The van der Waals surface area contributed by atoms with Crippen LogP contribution in [0.4, 0.5) is 11.4 Å². The summed E-state index contributed by atoms with van der Waals surface area (Å²) in [6.45, 7) is 3.63. The lowest BCUT2D eigenvalue weighted by molar-refractivity contribution is -0.115. The van der Waals surface area contributed by atoms with Gasteiger partial charge in [0.15, 0.2) is 22.5 Å². The van der Waals surface area contributed by atoms with Crippen LogP contribution in [0.3, 0.4) is 0 Å². The van der Waals surface area contributed by atoms with Crippen molar-refractivity contribution in [3.63, 3.8) is 0 Å². The minimum atomic E-state index is -0.0776. The number of aromatic nitrogens is 3. The standard InChI is InChI=1S/C27H27N5O3S/c1-19-7-9-20(10-8-19)28-18-25-30-31-27(32(25)22-5-3-2-4-6-22)36-16-13-26(33)29-21-11-12-23-24(17-21)35-15-14-34-23/h2-12,17,28H,13-16,18H2,1H3,(H,29,33). The van der Waals surface area contributed by atoms with Crippen LogP contribution in [-0.2, 0) is 11.3 Å². The van der Waals surface area contributed by atoms with Crippen LogP contribution in [0.2, 0.25) is 0 Å². The van der Waals surface area contributed by atoms with Crippen molar-refractivity contribution in [3.8, 4) is 17.2 Å². The smallest absolute Gasteiger partial charge is 0.225 e. The van der Waals surface area contributed by atoms with Gasteiger partial charge in [-0.1, -0.05) is 47.7 Å². The molecule has 36 heavy (non-hydrogen) atoms. The molecule has 0 spiro atoms. The number of hydrogen-bond donors (Lipinski definition) is 2. The predicted octanol–water partition coefficient (Wildman–Crippen LogP) is 5.08. The third kappa shape index (κ3) is 5.80. The summed E-state index contributed by atoms with van der Waals surface area (Å²) in [5, 5.41) is 16.0. The second kappa shape index (κ2) is 11.2. The Hall–Kier alpha value is -3.98. The Bertz CT molecular complexity index is 1330. The average molecular weight is 502 g/mol. The highest BCUT2D eigenvalue weighted by molar-refractivity contribution is 7.99. The van der Waals surface area contributed by atoms with Gasteiger partial charge in [-0.15, -0.1) is 10.2 Å². The van der Waals surface area contributed by atoms with Crippen molar-refractivity contribution < 1.29 is 14.3 Å². The van der Waals surface area contributed by atoms with Crippen molar-refractivity contribution in [1.82, 2.24) is 14.8 Å². The number of nitrogens with zero attached hydrogens (tertiary/aromatic N) is 3. The SMILES string of the molecule is Cc1ccc(NCc2nnc(SCCC(=O)Nc3ccc4c(c3)OCCO4)n2-c2ccccc2)cc1. The molecule has 0 atom stereocenters. The van der Waals surface area contributed by atoms with E-state index in [4.69, 9.17) is 9.47 Å². The number of carbonyl (C=O) groups is 1. The van der Waals surface area contributed by atoms with Crippen LogP contribution >= 0.6 is 11.8 Å². The molecule has 0 aliphatic carbocycles. The Morgan fingerprint density at radius 1 is 0.944 bits per heavy atom. The van der Waals surface area contributed by atoms with Gasteiger partial charge in [0.2, 0.25) is 5.91 Å². The minimum Gasteiger partial charge on any atom is -0.486 e. The van der Waals surface area contributed by atoms with Crippen molar-refractivity contribution in [2.24, 2.45) is 0 Å². The quantitative estimate of drug-likeness (QED) is 0.309. The molecule has 5 rings (SSSR count). The molecule has 3 aromatic carbocycles. The number of ether oxygens (including phenoxy) is 2. The van der Waals surface area contributed by atoms with Gasteiger partial charge in [0, 0.05) is 35.3 Å². The monoisotopic (exact) mass is 501 g/mol. The fraction of sp³-hybridized carbons (Fsp3) is 0.222. The van der Waals surface area contributed by atoms with E-state index in [2.05, 4.69) is 52.0 Å². The van der Waals surface area contributed by atoms with Gasteiger partial charge < -0.3 is 20.1 Å². The fourth-order valence-electron chi connectivity index (χ4n) is 3.78. The van der Waals surface area contributed by atoms with Crippen LogP contribution in [-0.4, -0.2) is 39.6 Å². The lowest BCUT2D eigenvalue weighted by Gasteiger charge is -2.19. The number of nitrogens with one attached hydrogen (secondary N) is 2. The summed E-state index contributed by atoms with van der Waals surface area (Å²) in [5.74, 6) is 2.63. The van der Waals surface area contributed by atoms with Gasteiger partial charge in [-0.25, -0.2) is 0 Å². The number of rotatable bonds is 9. The van der Waals surface area contributed by atoms with E-state index in [-0.39, 0.29) is 5.91 Å². The second-order valence-electron chi connectivity index (χ2n) is 8.29. The Morgan fingerprint density at radius 2 is 1.69 bits per heavy atom. The number of para-hydroxylation sites is 1. The first-order chi connectivity index (χ1) is 17.7. The zero-order chi connectivity index (χ0) is 24.7. The third-order valence-electron chi connectivity index (χ3n) is 5.60. The Kier molecular flexibility index (Phi) is 7.37. The first-order valence-corrected chi connectivity index (χ1v) is 12.8. The molecule has 2 heterocycles. The molecule has 4 aromatic rings. The normalized spacial score (nSPS) is 12.2. The first kappa shape index (κ1) is 23.7. The average Bonchev–Trinajstić information content (AvgIpc) is 3.31. The van der Waals surface area contributed by atoms with Gasteiger partial charge in [0.1, 0.15) is 13.2 Å². The zero-order valence-electron chi connectivity index (χ0n) is 19.9. The Morgan fingerprint density at radius 3 is 2.50 bits per heavy atom. The van der Waals surface area contributed by atoms with E-state index >= 15 is 0 Å². The molecule has 0 fully saturated rings. The van der Waals surface area contributed by atoms with Crippen LogP contribution in [0.15, 0.2) is 78.0 Å². The lowest BCUT2D eigenvalue weighted by Crippen LogP contribution is -2.16. The van der Waals surface area contributed by atoms with E-state index < -0.39 is 0 Å². The number of amides is 1. The first-order valence-electron chi connectivity index (χ1n) is 11.8. The van der Waals surface area contributed by atoms with Gasteiger partial charge in [0.25, 0.3) is 0 Å². The van der Waals surface area contributed by atoms with E-state index in [0.29, 0.717) is 49.1 Å². The highest BCUT2D eigenvalue weighted by Gasteiger charge is 2.16. The minimum absolute atomic E-state index is 0.0776. The van der Waals surface area contributed by atoms with Crippen LogP contribution in [0.25, 0.3) is 5.69 Å². The highest BCUT2D eigenvalue weighted by Crippen LogP contribution is 2.32. The molecule has 1 aliphatic heterocycles. The van der Waals surface area contributed by atoms with Crippen molar-refractivity contribution in [2.45, 2.75) is 25.0 Å². The Balaban J connectivity index is 1.22. The van der Waals surface area contributed by atoms with Crippen LogP contribution in [0, 0.1) is 6.92 Å². The number of benzene rings is 3. The summed E-state index contributed by atoms with van der Waals surface area (Å²) in [4.78, 5) is 12.6. The van der Waals surface area contributed by atoms with Gasteiger partial charge in [-0.05, 0) is 43.3 Å². The molecule has 9 heteroatoms. The molecule has 0 unspecified atom stereocenters. The maximum Gasteiger partial charge on any atom is 0.225 e. The summed E-state index contributed by atoms with van der Waals surface area (Å²) in [6.07, 6.45) is 0.331. The number of anilines is 2.